The van der Waals surface area contributed by atoms with Crippen molar-refractivity contribution in [1.29, 1.82) is 0 Å². The predicted octanol–water partition coefficient (Wildman–Crippen LogP) is 4.19. The fourth-order valence-corrected chi connectivity index (χ4v) is 3.64. The highest BCUT2D eigenvalue weighted by molar-refractivity contribution is 6.04. The van der Waals surface area contributed by atoms with Crippen LogP contribution in [0.1, 0.15) is 39.8 Å². The Morgan fingerprint density at radius 2 is 1.44 bits per heavy atom. The van der Waals surface area contributed by atoms with Gasteiger partial charge in [0.15, 0.2) is 0 Å². The quantitative estimate of drug-likeness (QED) is 0.457. The smallest absolute Gasteiger partial charge is 0.308 e. The number of nitrogens with zero attached hydrogens (tertiary/aromatic N) is 4. The molecule has 0 aliphatic rings. The van der Waals surface area contributed by atoms with Gasteiger partial charge in [0, 0.05) is 63.9 Å². The van der Waals surface area contributed by atoms with Gasteiger partial charge in [-0.2, -0.15) is 0 Å². The molecule has 0 aliphatic carbocycles. The Morgan fingerprint density at radius 1 is 0.917 bits per heavy atom. The highest BCUT2D eigenvalue weighted by Crippen LogP contribution is 2.28. The van der Waals surface area contributed by atoms with Crippen LogP contribution in [0.2, 0.25) is 0 Å². The van der Waals surface area contributed by atoms with Crippen LogP contribution in [0.25, 0.3) is 0 Å². The van der Waals surface area contributed by atoms with Crippen LogP contribution in [-0.4, -0.2) is 55.1 Å². The molecule has 3 aromatic rings. The van der Waals surface area contributed by atoms with Crippen molar-refractivity contribution in [3.8, 4) is 0 Å². The van der Waals surface area contributed by atoms with Gasteiger partial charge in [-0.3, -0.25) is 9.59 Å². The Morgan fingerprint density at radius 3 is 1.89 bits per heavy atom. The molecule has 0 radical (unpaired) electrons. The van der Waals surface area contributed by atoms with Crippen LogP contribution < -0.4 is 15.1 Å². The van der Waals surface area contributed by atoms with Gasteiger partial charge in [0.2, 0.25) is 0 Å². The molecule has 190 valence electrons. The zero-order valence-electron chi connectivity index (χ0n) is 20.8. The summed E-state index contributed by atoms with van der Waals surface area (Å²) < 4.78 is 26.8. The molecule has 3 rings (SSSR count). The highest BCUT2D eigenvalue weighted by atomic mass is 19.3. The number of hydrogen-bond acceptors (Lipinski definition) is 6. The maximum Gasteiger partial charge on any atom is 0.308 e. The normalized spacial score (nSPS) is 11.2. The van der Waals surface area contributed by atoms with Crippen LogP contribution in [0.5, 0.6) is 0 Å². The first-order chi connectivity index (χ1) is 16.8. The molecule has 8 nitrogen and oxygen atoms in total. The molecule has 1 aromatic heterocycles. The maximum atomic E-state index is 13.4. The summed E-state index contributed by atoms with van der Waals surface area (Å²) in [5, 5.41) is 12.1. The molecule has 2 N–H and O–H groups in total. The maximum absolute atomic E-state index is 13.4. The zero-order valence-corrected chi connectivity index (χ0v) is 20.8. The van der Waals surface area contributed by atoms with E-state index in [1.54, 1.807) is 50.1 Å². The van der Waals surface area contributed by atoms with E-state index in [2.05, 4.69) is 15.3 Å². The minimum atomic E-state index is -2.97. The fourth-order valence-electron chi connectivity index (χ4n) is 3.64. The van der Waals surface area contributed by atoms with Crippen LogP contribution in [0, 0.1) is 0 Å². The van der Waals surface area contributed by atoms with Gasteiger partial charge < -0.3 is 20.2 Å². The number of carbonyl (C=O) groups excluding carboxylic acids is 1. The van der Waals surface area contributed by atoms with E-state index in [0.29, 0.717) is 35.1 Å². The summed E-state index contributed by atoms with van der Waals surface area (Å²) in [6.07, 6.45) is 0.204. The van der Waals surface area contributed by atoms with Gasteiger partial charge in [0.1, 0.15) is 17.5 Å². The number of carboxylic acids is 1. The second kappa shape index (κ2) is 10.7. The van der Waals surface area contributed by atoms with Crippen molar-refractivity contribution in [2.24, 2.45) is 0 Å². The van der Waals surface area contributed by atoms with Crippen molar-refractivity contribution in [2.75, 3.05) is 43.3 Å². The number of carbonyl (C=O) groups is 2. The molecule has 0 atom stereocenters. The molecule has 0 saturated carbocycles. The Balaban J connectivity index is 1.77. The highest BCUT2D eigenvalue weighted by Gasteiger charge is 2.24. The minimum Gasteiger partial charge on any atom is -0.481 e. The van der Waals surface area contributed by atoms with Crippen LogP contribution in [-0.2, 0) is 23.6 Å². The van der Waals surface area contributed by atoms with Gasteiger partial charge in [-0.25, -0.2) is 18.7 Å². The number of rotatable bonds is 9. The van der Waals surface area contributed by atoms with Gasteiger partial charge in [0.05, 0.1) is 6.42 Å². The first-order valence-electron chi connectivity index (χ1n) is 11.2. The van der Waals surface area contributed by atoms with E-state index in [9.17, 15) is 23.5 Å². The molecule has 0 aliphatic heterocycles. The molecule has 0 saturated heterocycles. The minimum absolute atomic E-state index is 0.156. The number of nitrogens with one attached hydrogen (secondary N) is 1. The molecule has 1 amide bonds. The summed E-state index contributed by atoms with van der Waals surface area (Å²) in [6.45, 7) is 0.807. The lowest BCUT2D eigenvalue weighted by Crippen LogP contribution is -2.22. The molecule has 0 bridgehead atoms. The lowest BCUT2D eigenvalue weighted by Gasteiger charge is -2.22. The molecule has 36 heavy (non-hydrogen) atoms. The number of carboxylic acid groups (broad SMARTS) is 1. The van der Waals surface area contributed by atoms with Crippen molar-refractivity contribution in [3.05, 3.63) is 76.6 Å². The zero-order chi connectivity index (χ0) is 26.6. The average molecular weight is 498 g/mol. The molecule has 0 unspecified atom stereocenters. The number of anilines is 3. The monoisotopic (exact) mass is 497 g/mol. The summed E-state index contributed by atoms with van der Waals surface area (Å²) in [4.78, 5) is 36.6. The molecule has 10 heteroatoms. The Labute approximate surface area is 208 Å². The lowest BCUT2D eigenvalue weighted by molar-refractivity contribution is -0.136. The Kier molecular flexibility index (Phi) is 7.87. The van der Waals surface area contributed by atoms with E-state index in [4.69, 9.17) is 0 Å². The van der Waals surface area contributed by atoms with Gasteiger partial charge in [-0.15, -0.1) is 0 Å². The first kappa shape index (κ1) is 26.5. The fraction of sp³-hybridized carbons (Fsp3) is 0.308. The van der Waals surface area contributed by atoms with Crippen LogP contribution in [0.3, 0.4) is 0 Å². The number of amides is 1. The molecule has 2 aromatic carbocycles. The topological polar surface area (TPSA) is 98.7 Å². The number of aromatic nitrogens is 2. The number of aliphatic carboxylic acids is 1. The van der Waals surface area contributed by atoms with Crippen molar-refractivity contribution < 1.29 is 23.5 Å². The molecular formula is C26H29F2N5O3. The average Bonchev–Trinajstić information content (AvgIpc) is 2.80. The van der Waals surface area contributed by atoms with E-state index < -0.39 is 17.8 Å². The molecule has 1 heterocycles. The lowest BCUT2D eigenvalue weighted by atomic mass is 10.1. The molecular weight excluding hydrogens is 468 g/mol. The van der Waals surface area contributed by atoms with Crippen LogP contribution in [0.15, 0.2) is 48.5 Å². The predicted molar refractivity (Wildman–Crippen MR) is 135 cm³/mol. The number of halogens is 2. The van der Waals surface area contributed by atoms with Crippen molar-refractivity contribution in [2.45, 2.75) is 25.7 Å². The van der Waals surface area contributed by atoms with E-state index in [0.717, 1.165) is 12.5 Å². The van der Waals surface area contributed by atoms with E-state index in [1.807, 2.05) is 12.1 Å². The molecule has 0 spiro atoms. The SMILES string of the molecule is CN(C)c1nc(Cc2ccc(NC(=O)c3ccc(C(C)(F)F)cc3)cc2)nc(N(C)C)c1CC(=O)O. The molecule has 0 fully saturated rings. The third-order valence-corrected chi connectivity index (χ3v) is 5.41. The summed E-state index contributed by atoms with van der Waals surface area (Å²) in [7, 11) is 7.21. The van der Waals surface area contributed by atoms with Gasteiger partial charge in [0.25, 0.3) is 11.8 Å². The summed E-state index contributed by atoms with van der Waals surface area (Å²) in [5.41, 5.74) is 2.10. The van der Waals surface area contributed by atoms with E-state index >= 15 is 0 Å². The second-order valence-electron chi connectivity index (χ2n) is 8.92. The second-order valence-corrected chi connectivity index (χ2v) is 8.92. The number of benzene rings is 2. The summed E-state index contributed by atoms with van der Waals surface area (Å²) in [6, 6.07) is 12.3. The van der Waals surface area contributed by atoms with Crippen molar-refractivity contribution in [1.82, 2.24) is 9.97 Å². The van der Waals surface area contributed by atoms with Gasteiger partial charge in [-0.05, 0) is 29.8 Å². The van der Waals surface area contributed by atoms with Crippen molar-refractivity contribution in [3.63, 3.8) is 0 Å². The third-order valence-electron chi connectivity index (χ3n) is 5.41. The van der Waals surface area contributed by atoms with Crippen molar-refractivity contribution >= 4 is 29.2 Å². The number of hydrogen-bond donors (Lipinski definition) is 2. The van der Waals surface area contributed by atoms with Crippen LogP contribution >= 0.6 is 0 Å². The van der Waals surface area contributed by atoms with Gasteiger partial charge >= 0.3 is 5.97 Å². The largest absolute Gasteiger partial charge is 0.481 e. The van der Waals surface area contributed by atoms with Crippen LogP contribution in [0.4, 0.5) is 26.1 Å². The van der Waals surface area contributed by atoms with Gasteiger partial charge in [-0.1, -0.05) is 24.3 Å². The first-order valence-corrected chi connectivity index (χ1v) is 11.2. The Bertz CT molecular complexity index is 1210. The standard InChI is InChI=1S/C26H29F2N5O3/c1-26(27,28)18-10-8-17(9-11-18)25(36)29-19-12-6-16(7-13-19)14-21-30-23(32(2)3)20(15-22(34)35)24(31-21)33(4)5/h6-13H,14-15H2,1-5H3,(H,29,36)(H,34,35). The number of alkyl halides is 2. The third kappa shape index (κ3) is 6.53. The summed E-state index contributed by atoms with van der Waals surface area (Å²) in [5.74, 6) is -2.72. The summed E-state index contributed by atoms with van der Waals surface area (Å²) >= 11 is 0. The van der Waals surface area contributed by atoms with E-state index in [-0.39, 0.29) is 17.5 Å². The van der Waals surface area contributed by atoms with E-state index in [1.165, 1.54) is 24.3 Å². The Hall–Kier alpha value is -4.08.